The van der Waals surface area contributed by atoms with Gasteiger partial charge in [0.25, 0.3) is 0 Å². The second kappa shape index (κ2) is 4.77. The van der Waals surface area contributed by atoms with Crippen molar-refractivity contribution in [3.8, 4) is 11.4 Å². The summed E-state index contributed by atoms with van der Waals surface area (Å²) in [5.41, 5.74) is 3.22. The Labute approximate surface area is 115 Å². The van der Waals surface area contributed by atoms with Gasteiger partial charge in [0, 0.05) is 11.8 Å². The molecule has 1 aromatic carbocycles. The number of benzene rings is 1. The number of esters is 1. The van der Waals surface area contributed by atoms with Crippen LogP contribution in [-0.2, 0) is 4.74 Å². The van der Waals surface area contributed by atoms with Gasteiger partial charge < -0.3 is 4.74 Å². The Morgan fingerprint density at radius 2 is 2.05 bits per heavy atom. The van der Waals surface area contributed by atoms with Crippen LogP contribution in [0.3, 0.4) is 0 Å². The van der Waals surface area contributed by atoms with Gasteiger partial charge in [0.2, 0.25) is 0 Å². The van der Waals surface area contributed by atoms with Crippen molar-refractivity contribution in [3.05, 3.63) is 53.7 Å². The van der Waals surface area contributed by atoms with Crippen molar-refractivity contribution < 1.29 is 9.53 Å². The molecule has 0 radical (unpaired) electrons. The van der Waals surface area contributed by atoms with Gasteiger partial charge in [-0.3, -0.25) is 4.40 Å². The molecule has 0 saturated carbocycles. The van der Waals surface area contributed by atoms with Crippen molar-refractivity contribution >= 4 is 11.6 Å². The van der Waals surface area contributed by atoms with Crippen molar-refractivity contribution in [2.45, 2.75) is 6.92 Å². The highest BCUT2D eigenvalue weighted by molar-refractivity contribution is 5.90. The van der Waals surface area contributed by atoms with E-state index in [2.05, 4.69) is 10.2 Å². The Morgan fingerprint density at radius 1 is 1.20 bits per heavy atom. The van der Waals surface area contributed by atoms with Gasteiger partial charge in [-0.25, -0.2) is 4.79 Å². The molecule has 3 aromatic rings. The number of hydrogen-bond acceptors (Lipinski definition) is 4. The molecular weight excluding hydrogens is 254 g/mol. The van der Waals surface area contributed by atoms with E-state index >= 15 is 0 Å². The number of rotatable bonds is 2. The summed E-state index contributed by atoms with van der Waals surface area (Å²) in [7, 11) is 1.36. The molecule has 0 unspecified atom stereocenters. The van der Waals surface area contributed by atoms with E-state index in [0.717, 1.165) is 17.0 Å². The summed E-state index contributed by atoms with van der Waals surface area (Å²) in [5, 5.41) is 8.30. The van der Waals surface area contributed by atoms with E-state index in [0.29, 0.717) is 11.2 Å². The standard InChI is InChI=1S/C15H13N3O2/c1-10-4-3-5-11(8-10)14-17-16-13-9-12(15(19)20-2)6-7-18(13)14/h3-9H,1-2H3. The Balaban J connectivity index is 2.13. The number of ether oxygens (including phenoxy) is 1. The monoisotopic (exact) mass is 267 g/mol. The predicted octanol–water partition coefficient (Wildman–Crippen LogP) is 2.49. The highest BCUT2D eigenvalue weighted by atomic mass is 16.5. The van der Waals surface area contributed by atoms with Crippen LogP contribution in [0.25, 0.3) is 17.0 Å². The van der Waals surface area contributed by atoms with Gasteiger partial charge in [-0.2, -0.15) is 0 Å². The van der Waals surface area contributed by atoms with E-state index in [-0.39, 0.29) is 5.97 Å². The lowest BCUT2D eigenvalue weighted by atomic mass is 10.1. The molecule has 5 heteroatoms. The maximum atomic E-state index is 11.5. The lowest BCUT2D eigenvalue weighted by molar-refractivity contribution is 0.0600. The molecule has 20 heavy (non-hydrogen) atoms. The minimum absolute atomic E-state index is 0.382. The maximum Gasteiger partial charge on any atom is 0.338 e. The van der Waals surface area contributed by atoms with Crippen molar-refractivity contribution in [1.29, 1.82) is 0 Å². The molecule has 0 aliphatic carbocycles. The SMILES string of the molecule is COC(=O)c1ccn2c(-c3cccc(C)c3)nnc2c1. The largest absolute Gasteiger partial charge is 0.465 e. The van der Waals surface area contributed by atoms with E-state index in [1.807, 2.05) is 35.6 Å². The Morgan fingerprint density at radius 3 is 2.80 bits per heavy atom. The second-order valence-corrected chi connectivity index (χ2v) is 4.53. The molecule has 3 rings (SSSR count). The first-order valence-corrected chi connectivity index (χ1v) is 6.19. The lowest BCUT2D eigenvalue weighted by Gasteiger charge is -2.02. The van der Waals surface area contributed by atoms with Crippen LogP contribution < -0.4 is 0 Å². The van der Waals surface area contributed by atoms with Gasteiger partial charge in [-0.05, 0) is 25.1 Å². The maximum absolute atomic E-state index is 11.5. The first-order chi connectivity index (χ1) is 9.69. The third-order valence-electron chi connectivity index (χ3n) is 3.11. The topological polar surface area (TPSA) is 56.5 Å². The van der Waals surface area contributed by atoms with Crippen molar-refractivity contribution in [1.82, 2.24) is 14.6 Å². The van der Waals surface area contributed by atoms with Crippen molar-refractivity contribution in [3.63, 3.8) is 0 Å². The summed E-state index contributed by atoms with van der Waals surface area (Å²) in [5.74, 6) is 0.368. The normalized spacial score (nSPS) is 10.7. The van der Waals surface area contributed by atoms with Gasteiger partial charge in [0.05, 0.1) is 12.7 Å². The average Bonchev–Trinajstić information content (AvgIpc) is 2.89. The molecule has 0 spiro atoms. The number of aryl methyl sites for hydroxylation is 1. The van der Waals surface area contributed by atoms with E-state index in [9.17, 15) is 4.79 Å². The predicted molar refractivity (Wildman–Crippen MR) is 74.5 cm³/mol. The van der Waals surface area contributed by atoms with Gasteiger partial charge in [-0.15, -0.1) is 10.2 Å². The molecule has 0 fully saturated rings. The summed E-state index contributed by atoms with van der Waals surface area (Å²) in [6.07, 6.45) is 1.78. The molecule has 0 atom stereocenters. The smallest absolute Gasteiger partial charge is 0.338 e. The number of aromatic nitrogens is 3. The van der Waals surface area contributed by atoms with E-state index in [1.54, 1.807) is 18.3 Å². The summed E-state index contributed by atoms with van der Waals surface area (Å²) < 4.78 is 6.54. The van der Waals surface area contributed by atoms with Crippen LogP contribution in [0, 0.1) is 6.92 Å². The molecule has 0 aliphatic rings. The van der Waals surface area contributed by atoms with E-state index < -0.39 is 0 Å². The number of nitrogens with zero attached hydrogens (tertiary/aromatic N) is 3. The van der Waals surface area contributed by atoms with Crippen LogP contribution in [0.1, 0.15) is 15.9 Å². The van der Waals surface area contributed by atoms with Crippen LogP contribution in [0.2, 0.25) is 0 Å². The fourth-order valence-electron chi connectivity index (χ4n) is 2.12. The number of hydrogen-bond donors (Lipinski definition) is 0. The van der Waals surface area contributed by atoms with E-state index in [1.165, 1.54) is 7.11 Å². The third kappa shape index (κ3) is 2.03. The summed E-state index contributed by atoms with van der Waals surface area (Å²) in [6.45, 7) is 2.03. The quantitative estimate of drug-likeness (QED) is 0.669. The number of pyridine rings is 1. The zero-order chi connectivity index (χ0) is 14.1. The summed E-state index contributed by atoms with van der Waals surface area (Å²) in [4.78, 5) is 11.5. The van der Waals surface area contributed by atoms with Crippen LogP contribution in [0.4, 0.5) is 0 Å². The van der Waals surface area contributed by atoms with Crippen LogP contribution in [0.5, 0.6) is 0 Å². The fraction of sp³-hybridized carbons (Fsp3) is 0.133. The zero-order valence-corrected chi connectivity index (χ0v) is 11.2. The Hall–Kier alpha value is -2.69. The molecule has 2 heterocycles. The number of carbonyl (C=O) groups is 1. The summed E-state index contributed by atoms with van der Waals surface area (Å²) in [6, 6.07) is 11.4. The van der Waals surface area contributed by atoms with Crippen molar-refractivity contribution in [2.75, 3.05) is 7.11 Å². The van der Waals surface area contributed by atoms with Crippen LogP contribution in [0.15, 0.2) is 42.6 Å². The molecule has 2 aromatic heterocycles. The van der Waals surface area contributed by atoms with Gasteiger partial charge in [0.15, 0.2) is 11.5 Å². The fourth-order valence-corrected chi connectivity index (χ4v) is 2.12. The average molecular weight is 267 g/mol. The minimum Gasteiger partial charge on any atom is -0.465 e. The van der Waals surface area contributed by atoms with Gasteiger partial charge in [0.1, 0.15) is 0 Å². The number of carbonyl (C=O) groups excluding carboxylic acids is 1. The van der Waals surface area contributed by atoms with Gasteiger partial charge in [-0.1, -0.05) is 23.8 Å². The molecule has 100 valence electrons. The highest BCUT2D eigenvalue weighted by Gasteiger charge is 2.11. The Bertz CT molecular complexity index is 793. The zero-order valence-electron chi connectivity index (χ0n) is 11.2. The molecule has 0 aliphatic heterocycles. The van der Waals surface area contributed by atoms with Gasteiger partial charge >= 0.3 is 5.97 Å². The minimum atomic E-state index is -0.382. The lowest BCUT2D eigenvalue weighted by Crippen LogP contribution is -2.02. The summed E-state index contributed by atoms with van der Waals surface area (Å²) >= 11 is 0. The molecule has 0 N–H and O–H groups in total. The van der Waals surface area contributed by atoms with Crippen molar-refractivity contribution in [2.24, 2.45) is 0 Å². The number of fused-ring (bicyclic) bond motifs is 1. The molecule has 0 amide bonds. The molecule has 5 nitrogen and oxygen atoms in total. The second-order valence-electron chi connectivity index (χ2n) is 4.53. The molecule has 0 bridgehead atoms. The third-order valence-corrected chi connectivity index (χ3v) is 3.11. The first-order valence-electron chi connectivity index (χ1n) is 6.19. The van der Waals surface area contributed by atoms with E-state index in [4.69, 9.17) is 4.74 Å². The Kier molecular flexibility index (Phi) is 2.95. The molecular formula is C15H13N3O2. The van der Waals surface area contributed by atoms with Crippen LogP contribution >= 0.6 is 0 Å². The first kappa shape index (κ1) is 12.3. The van der Waals surface area contributed by atoms with Crippen LogP contribution in [-0.4, -0.2) is 27.7 Å². The molecule has 0 saturated heterocycles. The highest BCUT2D eigenvalue weighted by Crippen LogP contribution is 2.20. The number of methoxy groups -OCH3 is 1.